The molecule has 0 spiro atoms. The van der Waals surface area contributed by atoms with Gasteiger partial charge in [0.05, 0.1) is 13.1 Å². The molecule has 2 fully saturated rings. The van der Waals surface area contributed by atoms with Gasteiger partial charge < -0.3 is 9.80 Å². The van der Waals surface area contributed by atoms with Crippen LogP contribution in [0.2, 0.25) is 0 Å². The van der Waals surface area contributed by atoms with Crippen LogP contribution < -0.4 is 0 Å². The predicted molar refractivity (Wildman–Crippen MR) is 158 cm³/mol. The molecule has 38 heavy (non-hydrogen) atoms. The number of carbonyl (C=O) groups excluding carboxylic acids is 2. The lowest BCUT2D eigenvalue weighted by Crippen LogP contribution is -2.39. The molecule has 0 radical (unpaired) electrons. The van der Waals surface area contributed by atoms with Crippen LogP contribution in [0.25, 0.3) is 0 Å². The molecular formula is C32H42N2O2S2. The van der Waals surface area contributed by atoms with Crippen molar-refractivity contribution < 1.29 is 9.59 Å². The van der Waals surface area contributed by atoms with E-state index in [-0.39, 0.29) is 11.8 Å². The maximum absolute atomic E-state index is 11.9. The highest BCUT2D eigenvalue weighted by Gasteiger charge is 2.35. The summed E-state index contributed by atoms with van der Waals surface area (Å²) in [6.45, 7) is 10.6. The summed E-state index contributed by atoms with van der Waals surface area (Å²) in [6.07, 6.45) is 16.4. The van der Waals surface area contributed by atoms with Gasteiger partial charge in [0.2, 0.25) is 11.8 Å². The number of fused-ring (bicyclic) bond motifs is 2. The van der Waals surface area contributed by atoms with Crippen molar-refractivity contribution >= 4 is 34.5 Å². The molecule has 2 aromatic heterocycles. The number of carbonyl (C=O) groups is 2. The molecule has 2 aliphatic heterocycles. The van der Waals surface area contributed by atoms with Crippen LogP contribution >= 0.6 is 22.7 Å². The molecule has 0 N–H and O–H groups in total. The van der Waals surface area contributed by atoms with Gasteiger partial charge in [-0.05, 0) is 83.7 Å². The Hall–Kier alpha value is -2.18. The van der Waals surface area contributed by atoms with Gasteiger partial charge in [0.15, 0.2) is 0 Å². The standard InChI is InChI=1S/2C16H21NOS/c2*1-2-16(18)17-10-14(12-6-4-3-5-7-12)13-8-9-19-15(13)11-17/h2*2,8-9,12,14H,1,3-7,10-11H2/t2*14-/m11/s1. The van der Waals surface area contributed by atoms with Crippen LogP contribution in [0, 0.1) is 11.8 Å². The number of nitrogens with zero attached hydrogens (tertiary/aromatic N) is 2. The van der Waals surface area contributed by atoms with Gasteiger partial charge in [0.25, 0.3) is 0 Å². The Morgan fingerprint density at radius 2 is 1.08 bits per heavy atom. The van der Waals surface area contributed by atoms with Crippen molar-refractivity contribution in [2.24, 2.45) is 11.8 Å². The molecule has 4 nitrogen and oxygen atoms in total. The van der Waals surface area contributed by atoms with E-state index < -0.39 is 0 Å². The Kier molecular flexibility index (Phi) is 9.21. The number of hydrogen-bond acceptors (Lipinski definition) is 4. The first kappa shape index (κ1) is 27.4. The molecule has 0 saturated heterocycles. The van der Waals surface area contributed by atoms with E-state index in [2.05, 4.69) is 36.1 Å². The third-order valence-electron chi connectivity index (χ3n) is 9.27. The quantitative estimate of drug-likeness (QED) is 0.363. The van der Waals surface area contributed by atoms with Gasteiger partial charge >= 0.3 is 0 Å². The molecule has 2 saturated carbocycles. The first-order valence-corrected chi connectivity index (χ1v) is 16.3. The molecule has 6 heteroatoms. The van der Waals surface area contributed by atoms with Gasteiger partial charge in [0.1, 0.15) is 0 Å². The zero-order valence-electron chi connectivity index (χ0n) is 22.6. The van der Waals surface area contributed by atoms with Crippen molar-refractivity contribution in [3.63, 3.8) is 0 Å². The number of rotatable bonds is 4. The Morgan fingerprint density at radius 3 is 1.45 bits per heavy atom. The number of hydrogen-bond donors (Lipinski definition) is 0. The van der Waals surface area contributed by atoms with E-state index in [9.17, 15) is 9.59 Å². The molecule has 0 unspecified atom stereocenters. The number of amides is 2. The van der Waals surface area contributed by atoms with Gasteiger partial charge in [0, 0.05) is 34.7 Å². The Bertz CT molecular complexity index is 1030. The first-order chi connectivity index (χ1) is 18.6. The molecule has 4 heterocycles. The minimum Gasteiger partial charge on any atom is -0.333 e. The molecule has 204 valence electrons. The van der Waals surface area contributed by atoms with Gasteiger partial charge in [-0.1, -0.05) is 51.7 Å². The molecule has 2 amide bonds. The topological polar surface area (TPSA) is 40.6 Å². The van der Waals surface area contributed by atoms with Gasteiger partial charge in [-0.15, -0.1) is 22.7 Å². The van der Waals surface area contributed by atoms with Crippen molar-refractivity contribution in [2.75, 3.05) is 13.1 Å². The highest BCUT2D eigenvalue weighted by Crippen LogP contribution is 2.43. The Morgan fingerprint density at radius 1 is 0.684 bits per heavy atom. The Labute approximate surface area is 236 Å². The summed E-state index contributed by atoms with van der Waals surface area (Å²) in [7, 11) is 0. The average Bonchev–Trinajstić information content (AvgIpc) is 3.66. The minimum absolute atomic E-state index is 0.0832. The first-order valence-electron chi connectivity index (χ1n) is 14.5. The molecule has 2 atom stereocenters. The van der Waals surface area contributed by atoms with E-state index >= 15 is 0 Å². The Balaban J connectivity index is 0.000000155. The monoisotopic (exact) mass is 550 g/mol. The van der Waals surface area contributed by atoms with Crippen LogP contribution in [0.3, 0.4) is 0 Å². The summed E-state index contributed by atoms with van der Waals surface area (Å²) in [5, 5.41) is 4.37. The van der Waals surface area contributed by atoms with Crippen LogP contribution in [0.1, 0.15) is 96.9 Å². The SMILES string of the molecule is C=CC(=O)N1Cc2sccc2[C@@H](C2CCCCC2)C1.C=CC(=O)N1Cc2sccc2[C@@H](C2CCCCC2)C1. The maximum atomic E-state index is 11.9. The van der Waals surface area contributed by atoms with E-state index in [0.29, 0.717) is 11.8 Å². The van der Waals surface area contributed by atoms with Crippen molar-refractivity contribution in [1.29, 1.82) is 0 Å². The molecule has 0 aromatic carbocycles. The molecule has 4 aliphatic rings. The van der Waals surface area contributed by atoms with Crippen LogP contribution in [0.4, 0.5) is 0 Å². The fourth-order valence-corrected chi connectivity index (χ4v) is 9.17. The molecule has 0 bridgehead atoms. The zero-order chi connectivity index (χ0) is 26.5. The molecule has 6 rings (SSSR count). The largest absolute Gasteiger partial charge is 0.333 e. The van der Waals surface area contributed by atoms with E-state index in [1.807, 2.05) is 9.80 Å². The summed E-state index contributed by atoms with van der Waals surface area (Å²) >= 11 is 3.59. The van der Waals surface area contributed by atoms with E-state index in [4.69, 9.17) is 0 Å². The van der Waals surface area contributed by atoms with Crippen molar-refractivity contribution in [2.45, 2.75) is 89.1 Å². The van der Waals surface area contributed by atoms with Crippen molar-refractivity contribution in [3.05, 3.63) is 69.1 Å². The average molecular weight is 551 g/mol. The second-order valence-electron chi connectivity index (χ2n) is 11.5. The summed E-state index contributed by atoms with van der Waals surface area (Å²) in [5.41, 5.74) is 3.04. The highest BCUT2D eigenvalue weighted by atomic mass is 32.1. The fourth-order valence-electron chi connectivity index (χ4n) is 7.24. The summed E-state index contributed by atoms with van der Waals surface area (Å²) in [6, 6.07) is 4.57. The second kappa shape index (κ2) is 12.8. The predicted octanol–water partition coefficient (Wildman–Crippen LogP) is 7.88. The maximum Gasteiger partial charge on any atom is 0.246 e. The van der Waals surface area contributed by atoms with Crippen LogP contribution in [-0.4, -0.2) is 34.7 Å². The highest BCUT2D eigenvalue weighted by molar-refractivity contribution is 7.10. The van der Waals surface area contributed by atoms with Crippen molar-refractivity contribution in [3.8, 4) is 0 Å². The smallest absolute Gasteiger partial charge is 0.246 e. The normalized spacial score (nSPS) is 24.0. The van der Waals surface area contributed by atoms with Gasteiger partial charge in [-0.3, -0.25) is 9.59 Å². The molecular weight excluding hydrogens is 508 g/mol. The van der Waals surface area contributed by atoms with Crippen LogP contribution in [-0.2, 0) is 22.7 Å². The van der Waals surface area contributed by atoms with E-state index in [0.717, 1.165) is 38.0 Å². The van der Waals surface area contributed by atoms with E-state index in [1.165, 1.54) is 97.2 Å². The molecule has 2 aromatic rings. The third-order valence-corrected chi connectivity index (χ3v) is 11.1. The van der Waals surface area contributed by atoms with Crippen molar-refractivity contribution in [1.82, 2.24) is 9.80 Å². The second-order valence-corrected chi connectivity index (χ2v) is 13.5. The van der Waals surface area contributed by atoms with Crippen LogP contribution in [0.15, 0.2) is 48.2 Å². The molecule has 2 aliphatic carbocycles. The lowest BCUT2D eigenvalue weighted by molar-refractivity contribution is -0.128. The lowest BCUT2D eigenvalue weighted by Gasteiger charge is -2.38. The van der Waals surface area contributed by atoms with E-state index in [1.54, 1.807) is 22.7 Å². The lowest BCUT2D eigenvalue weighted by atomic mass is 9.75. The third kappa shape index (κ3) is 6.02. The number of thiophene rings is 2. The zero-order valence-corrected chi connectivity index (χ0v) is 24.2. The van der Waals surface area contributed by atoms with Gasteiger partial charge in [-0.25, -0.2) is 0 Å². The van der Waals surface area contributed by atoms with Crippen LogP contribution in [0.5, 0.6) is 0 Å². The fraction of sp³-hybridized carbons (Fsp3) is 0.562. The minimum atomic E-state index is 0.0832. The summed E-state index contributed by atoms with van der Waals surface area (Å²) < 4.78 is 0. The summed E-state index contributed by atoms with van der Waals surface area (Å²) in [5.74, 6) is 2.81. The summed E-state index contributed by atoms with van der Waals surface area (Å²) in [4.78, 5) is 30.6. The van der Waals surface area contributed by atoms with Gasteiger partial charge in [-0.2, -0.15) is 0 Å².